The smallest absolute Gasteiger partial charge is 0.326 e. The van der Waals surface area contributed by atoms with Crippen LogP contribution in [0.1, 0.15) is 24.2 Å². The Hall–Kier alpha value is -2.57. The molecule has 7 heteroatoms. The van der Waals surface area contributed by atoms with Crippen molar-refractivity contribution in [2.45, 2.75) is 19.9 Å². The number of nitrogens with one attached hydrogen (secondary N) is 1. The van der Waals surface area contributed by atoms with Crippen molar-refractivity contribution >= 4 is 17.8 Å². The number of hydrogen-bond acceptors (Lipinski definition) is 4. The van der Waals surface area contributed by atoms with E-state index < -0.39 is 30.4 Å². The quantitative estimate of drug-likeness (QED) is 0.672. The lowest BCUT2D eigenvalue weighted by Gasteiger charge is -2.18. The molecule has 1 atom stereocenters. The van der Waals surface area contributed by atoms with Crippen LogP contribution in [0.25, 0.3) is 0 Å². The number of carboxylic acid groups (broad SMARTS) is 1. The van der Waals surface area contributed by atoms with Gasteiger partial charge < -0.3 is 20.9 Å². The molecule has 0 aliphatic rings. The minimum absolute atomic E-state index is 0.156. The third-order valence-electron chi connectivity index (χ3n) is 2.76. The van der Waals surface area contributed by atoms with Crippen LogP contribution in [0.15, 0.2) is 24.3 Å². The predicted molar refractivity (Wildman–Crippen MR) is 74.9 cm³/mol. The van der Waals surface area contributed by atoms with Gasteiger partial charge in [-0.1, -0.05) is 26.0 Å². The fourth-order valence-corrected chi connectivity index (χ4v) is 1.67. The molecule has 0 spiro atoms. The van der Waals surface area contributed by atoms with Gasteiger partial charge in [0.1, 0.15) is 11.8 Å². The average molecular weight is 294 g/mol. The number of amides is 2. The first-order valence-corrected chi connectivity index (χ1v) is 6.36. The zero-order valence-corrected chi connectivity index (χ0v) is 11.8. The highest BCUT2D eigenvalue weighted by atomic mass is 16.5. The van der Waals surface area contributed by atoms with Crippen molar-refractivity contribution in [1.29, 1.82) is 0 Å². The molecule has 0 radical (unpaired) electrons. The molecule has 1 unspecified atom stereocenters. The molecule has 0 saturated heterocycles. The number of primary amides is 1. The van der Waals surface area contributed by atoms with Crippen LogP contribution < -0.4 is 15.8 Å². The molecule has 0 bridgehead atoms. The van der Waals surface area contributed by atoms with Crippen LogP contribution >= 0.6 is 0 Å². The normalized spacial score (nSPS) is 11.8. The molecule has 1 rings (SSSR count). The molecule has 0 fully saturated rings. The minimum atomic E-state index is -1.11. The second-order valence-electron chi connectivity index (χ2n) is 4.78. The molecule has 0 aromatic heterocycles. The van der Waals surface area contributed by atoms with Gasteiger partial charge in [-0.05, 0) is 18.1 Å². The number of carbonyl (C=O) groups excluding carboxylic acids is 2. The molecule has 0 aliphatic carbocycles. The van der Waals surface area contributed by atoms with Gasteiger partial charge in [-0.2, -0.15) is 0 Å². The number of aliphatic carboxylic acids is 1. The first-order chi connectivity index (χ1) is 9.82. The molecule has 1 aromatic carbocycles. The van der Waals surface area contributed by atoms with Crippen molar-refractivity contribution in [3.05, 3.63) is 29.8 Å². The van der Waals surface area contributed by atoms with E-state index in [0.717, 1.165) is 0 Å². The molecule has 7 nitrogen and oxygen atoms in total. The van der Waals surface area contributed by atoms with Crippen LogP contribution in [-0.2, 0) is 9.59 Å². The third-order valence-corrected chi connectivity index (χ3v) is 2.76. The summed E-state index contributed by atoms with van der Waals surface area (Å²) in [6.45, 7) is 2.96. The number of carbonyl (C=O) groups is 3. The maximum absolute atomic E-state index is 11.7. The maximum Gasteiger partial charge on any atom is 0.326 e. The summed E-state index contributed by atoms with van der Waals surface area (Å²) in [5.74, 6) is -2.45. The number of ether oxygens (including phenoxy) is 1. The van der Waals surface area contributed by atoms with E-state index in [-0.39, 0.29) is 17.2 Å². The van der Waals surface area contributed by atoms with Gasteiger partial charge in [0.15, 0.2) is 6.61 Å². The maximum atomic E-state index is 11.7. The highest BCUT2D eigenvalue weighted by molar-refractivity contribution is 5.95. The van der Waals surface area contributed by atoms with Crippen LogP contribution in [-0.4, -0.2) is 35.5 Å². The molecular weight excluding hydrogens is 276 g/mol. The Morgan fingerprint density at radius 3 is 2.43 bits per heavy atom. The van der Waals surface area contributed by atoms with Gasteiger partial charge in [-0.15, -0.1) is 0 Å². The van der Waals surface area contributed by atoms with Gasteiger partial charge >= 0.3 is 5.97 Å². The van der Waals surface area contributed by atoms with Gasteiger partial charge in [0.05, 0.1) is 5.56 Å². The van der Waals surface area contributed by atoms with Gasteiger partial charge in [0, 0.05) is 0 Å². The van der Waals surface area contributed by atoms with E-state index in [1.807, 2.05) is 0 Å². The van der Waals surface area contributed by atoms with Crippen LogP contribution in [0.2, 0.25) is 0 Å². The Bertz CT molecular complexity index is 542. The minimum Gasteiger partial charge on any atom is -0.483 e. The Labute approximate surface area is 122 Å². The summed E-state index contributed by atoms with van der Waals surface area (Å²) in [6.07, 6.45) is 0. The summed E-state index contributed by atoms with van der Waals surface area (Å²) in [6, 6.07) is 5.24. The second kappa shape index (κ2) is 7.28. The SMILES string of the molecule is CC(C)C(NC(=O)COc1ccccc1C(N)=O)C(=O)O. The van der Waals surface area contributed by atoms with Crippen molar-refractivity contribution in [2.24, 2.45) is 11.7 Å². The van der Waals surface area contributed by atoms with Crippen LogP contribution in [0.4, 0.5) is 0 Å². The highest BCUT2D eigenvalue weighted by Gasteiger charge is 2.23. The first kappa shape index (κ1) is 16.5. The van der Waals surface area contributed by atoms with Crippen LogP contribution in [0.5, 0.6) is 5.75 Å². The van der Waals surface area contributed by atoms with Gasteiger partial charge in [0.2, 0.25) is 0 Å². The van der Waals surface area contributed by atoms with E-state index in [4.69, 9.17) is 15.6 Å². The zero-order chi connectivity index (χ0) is 16.0. The molecule has 4 N–H and O–H groups in total. The summed E-state index contributed by atoms with van der Waals surface area (Å²) < 4.78 is 5.21. The van der Waals surface area contributed by atoms with E-state index in [1.54, 1.807) is 26.0 Å². The van der Waals surface area contributed by atoms with E-state index in [0.29, 0.717) is 0 Å². The topological polar surface area (TPSA) is 119 Å². The molecular formula is C14H18N2O5. The molecule has 0 aliphatic heterocycles. The number of carboxylic acids is 1. The largest absolute Gasteiger partial charge is 0.483 e. The fraction of sp³-hybridized carbons (Fsp3) is 0.357. The molecule has 21 heavy (non-hydrogen) atoms. The number of rotatable bonds is 7. The molecule has 114 valence electrons. The summed E-state index contributed by atoms with van der Waals surface area (Å²) in [4.78, 5) is 33.9. The Balaban J connectivity index is 2.65. The number of para-hydroxylation sites is 1. The van der Waals surface area contributed by atoms with E-state index in [1.165, 1.54) is 12.1 Å². The Morgan fingerprint density at radius 1 is 1.29 bits per heavy atom. The Morgan fingerprint density at radius 2 is 1.90 bits per heavy atom. The van der Waals surface area contributed by atoms with Crippen LogP contribution in [0.3, 0.4) is 0 Å². The lowest BCUT2D eigenvalue weighted by atomic mass is 10.1. The average Bonchev–Trinajstić information content (AvgIpc) is 2.42. The highest BCUT2D eigenvalue weighted by Crippen LogP contribution is 2.16. The number of nitrogens with two attached hydrogens (primary N) is 1. The lowest BCUT2D eigenvalue weighted by Crippen LogP contribution is -2.46. The first-order valence-electron chi connectivity index (χ1n) is 6.36. The van der Waals surface area contributed by atoms with Crippen molar-refractivity contribution < 1.29 is 24.2 Å². The van der Waals surface area contributed by atoms with E-state index in [9.17, 15) is 14.4 Å². The fourth-order valence-electron chi connectivity index (χ4n) is 1.67. The predicted octanol–water partition coefficient (Wildman–Crippen LogP) is 0.390. The zero-order valence-electron chi connectivity index (χ0n) is 11.8. The number of benzene rings is 1. The van der Waals surface area contributed by atoms with Crippen molar-refractivity contribution in [2.75, 3.05) is 6.61 Å². The molecule has 1 aromatic rings. The summed E-state index contributed by atoms with van der Waals surface area (Å²) in [5, 5.41) is 11.3. The molecule has 2 amide bonds. The molecule has 0 heterocycles. The van der Waals surface area contributed by atoms with Crippen LogP contribution in [0, 0.1) is 5.92 Å². The van der Waals surface area contributed by atoms with Crippen molar-refractivity contribution in [1.82, 2.24) is 5.32 Å². The van der Waals surface area contributed by atoms with Crippen molar-refractivity contribution in [3.63, 3.8) is 0 Å². The summed E-state index contributed by atoms with van der Waals surface area (Å²) in [5.41, 5.74) is 5.34. The summed E-state index contributed by atoms with van der Waals surface area (Å²) in [7, 11) is 0. The lowest BCUT2D eigenvalue weighted by molar-refractivity contribution is -0.143. The van der Waals surface area contributed by atoms with Gasteiger partial charge in [-0.25, -0.2) is 4.79 Å². The monoisotopic (exact) mass is 294 g/mol. The van der Waals surface area contributed by atoms with Gasteiger partial charge in [0.25, 0.3) is 11.8 Å². The number of hydrogen-bond donors (Lipinski definition) is 3. The Kier molecular flexibility index (Phi) is 5.71. The standard InChI is InChI=1S/C14H18N2O5/c1-8(2)12(14(19)20)16-11(17)7-21-10-6-4-3-5-9(10)13(15)18/h3-6,8,12H,7H2,1-2H3,(H2,15,18)(H,16,17)(H,19,20). The third kappa shape index (κ3) is 4.79. The van der Waals surface area contributed by atoms with E-state index >= 15 is 0 Å². The van der Waals surface area contributed by atoms with E-state index in [2.05, 4.69) is 5.32 Å². The summed E-state index contributed by atoms with van der Waals surface area (Å²) >= 11 is 0. The second-order valence-corrected chi connectivity index (χ2v) is 4.78. The molecule has 0 saturated carbocycles. The van der Waals surface area contributed by atoms with Gasteiger partial charge in [-0.3, -0.25) is 9.59 Å². The van der Waals surface area contributed by atoms with Crippen molar-refractivity contribution in [3.8, 4) is 5.75 Å².